The maximum atomic E-state index is 9.53. The van der Waals surface area contributed by atoms with E-state index in [0.29, 0.717) is 0 Å². The SMILES string of the molecule is C1CCCCC1.C1CCCCC1.CCCC[O-].CCCC[O-].[Sr+2]. The molecule has 0 amide bonds. The third kappa shape index (κ3) is 35.4. The second kappa shape index (κ2) is 31.2. The Balaban J connectivity index is -0.000000230. The van der Waals surface area contributed by atoms with E-state index in [-0.39, 0.29) is 58.7 Å². The standard InChI is InChI=1S/2C6H12.2C4H9O.Sr/c2*1-2-4-6-5-3-1;2*1-2-3-4-5;/h2*1-6H2;2*2-4H2,1H3;/q;;2*-1;+2. The zero-order valence-electron chi connectivity index (χ0n) is 16.3. The Bertz CT molecular complexity index is 113. The Labute approximate surface area is 184 Å². The number of hydrogen-bond donors (Lipinski definition) is 0. The van der Waals surface area contributed by atoms with Crippen LogP contribution in [0.5, 0.6) is 0 Å². The summed E-state index contributed by atoms with van der Waals surface area (Å²) in [6.07, 6.45) is 21.7. The summed E-state index contributed by atoms with van der Waals surface area (Å²) in [5.41, 5.74) is 0. The van der Waals surface area contributed by atoms with Gasteiger partial charge in [-0.05, 0) is 0 Å². The molecule has 0 spiro atoms. The molecule has 0 saturated heterocycles. The van der Waals surface area contributed by atoms with Crippen LogP contribution in [0.25, 0.3) is 0 Å². The van der Waals surface area contributed by atoms with Crippen molar-refractivity contribution in [2.75, 3.05) is 13.2 Å². The monoisotopic (exact) mass is 402 g/mol. The summed E-state index contributed by atoms with van der Waals surface area (Å²) in [7, 11) is 0. The first-order valence-electron chi connectivity index (χ1n) is 9.99. The minimum atomic E-state index is 0. The van der Waals surface area contributed by atoms with Crippen LogP contribution in [0.15, 0.2) is 0 Å². The molecule has 2 saturated carbocycles. The molecule has 0 bridgehead atoms. The molecular weight excluding hydrogens is 360 g/mol. The quantitative estimate of drug-likeness (QED) is 0.646. The number of hydrogen-bond acceptors (Lipinski definition) is 2. The first kappa shape index (κ1) is 29.2. The molecular formula is C20H42O2Sr. The summed E-state index contributed by atoms with van der Waals surface area (Å²) >= 11 is 0. The third-order valence-corrected chi connectivity index (χ3v) is 4.00. The van der Waals surface area contributed by atoms with Crippen LogP contribution in [0.2, 0.25) is 0 Å². The van der Waals surface area contributed by atoms with E-state index in [1.807, 2.05) is 13.8 Å². The van der Waals surface area contributed by atoms with Crippen molar-refractivity contribution in [2.45, 2.75) is 117 Å². The van der Waals surface area contributed by atoms with Gasteiger partial charge < -0.3 is 10.2 Å². The van der Waals surface area contributed by atoms with E-state index in [1.165, 1.54) is 77.0 Å². The van der Waals surface area contributed by atoms with Crippen LogP contribution >= 0.6 is 0 Å². The first-order chi connectivity index (χ1) is 10.8. The van der Waals surface area contributed by atoms with Gasteiger partial charge in [0, 0.05) is 0 Å². The number of unbranched alkanes of at least 4 members (excludes halogenated alkanes) is 2. The molecule has 2 rings (SSSR count). The Kier molecular flexibility index (Phi) is 39.6. The predicted molar refractivity (Wildman–Crippen MR) is 101 cm³/mol. The van der Waals surface area contributed by atoms with Gasteiger partial charge in [-0.1, -0.05) is 117 Å². The zero-order chi connectivity index (χ0) is 16.7. The molecule has 0 atom stereocenters. The molecule has 2 fully saturated rings. The van der Waals surface area contributed by atoms with E-state index in [1.54, 1.807) is 0 Å². The fourth-order valence-corrected chi connectivity index (χ4v) is 2.41. The second-order valence-corrected chi connectivity index (χ2v) is 6.36. The fourth-order valence-electron chi connectivity index (χ4n) is 2.41. The molecule has 136 valence electrons. The van der Waals surface area contributed by atoms with Gasteiger partial charge in [0.15, 0.2) is 0 Å². The largest absolute Gasteiger partial charge is 2.00 e. The molecule has 0 aromatic carbocycles. The van der Waals surface area contributed by atoms with Crippen LogP contribution in [-0.2, 0) is 0 Å². The van der Waals surface area contributed by atoms with Gasteiger partial charge in [0.25, 0.3) is 0 Å². The van der Waals surface area contributed by atoms with E-state index < -0.39 is 0 Å². The van der Waals surface area contributed by atoms with E-state index in [4.69, 9.17) is 0 Å². The van der Waals surface area contributed by atoms with Crippen LogP contribution in [-0.4, -0.2) is 58.7 Å². The molecule has 0 N–H and O–H groups in total. The molecule has 23 heavy (non-hydrogen) atoms. The van der Waals surface area contributed by atoms with Gasteiger partial charge in [-0.3, -0.25) is 0 Å². The minimum Gasteiger partial charge on any atom is -0.854 e. The summed E-state index contributed by atoms with van der Waals surface area (Å²) in [5, 5.41) is 19.1. The summed E-state index contributed by atoms with van der Waals surface area (Å²) in [4.78, 5) is 0. The minimum absolute atomic E-state index is 0. The smallest absolute Gasteiger partial charge is 0.854 e. The van der Waals surface area contributed by atoms with Gasteiger partial charge in [0.1, 0.15) is 0 Å². The molecule has 0 heterocycles. The van der Waals surface area contributed by atoms with Crippen molar-refractivity contribution in [3.05, 3.63) is 0 Å². The topological polar surface area (TPSA) is 46.1 Å². The molecule has 2 nitrogen and oxygen atoms in total. The molecule has 3 heteroatoms. The van der Waals surface area contributed by atoms with Gasteiger partial charge in [0.2, 0.25) is 0 Å². The van der Waals surface area contributed by atoms with Crippen LogP contribution < -0.4 is 10.2 Å². The van der Waals surface area contributed by atoms with Gasteiger partial charge in [-0.25, -0.2) is 0 Å². The van der Waals surface area contributed by atoms with Crippen LogP contribution in [0, 0.1) is 0 Å². The van der Waals surface area contributed by atoms with Gasteiger partial charge in [0.05, 0.1) is 0 Å². The third-order valence-electron chi connectivity index (χ3n) is 4.00. The van der Waals surface area contributed by atoms with Crippen molar-refractivity contribution < 1.29 is 10.2 Å². The van der Waals surface area contributed by atoms with Crippen molar-refractivity contribution in [1.29, 1.82) is 0 Å². The fraction of sp³-hybridized carbons (Fsp3) is 1.00. The van der Waals surface area contributed by atoms with Crippen molar-refractivity contribution in [1.82, 2.24) is 0 Å². The van der Waals surface area contributed by atoms with Gasteiger partial charge >= 0.3 is 45.5 Å². The Hall–Kier alpha value is 1.40. The van der Waals surface area contributed by atoms with E-state index in [9.17, 15) is 10.2 Å². The average molecular weight is 402 g/mol. The van der Waals surface area contributed by atoms with Gasteiger partial charge in [-0.2, -0.15) is 0 Å². The average Bonchev–Trinajstić information content (AvgIpc) is 2.61. The maximum Gasteiger partial charge on any atom is 2.00 e. The van der Waals surface area contributed by atoms with Crippen molar-refractivity contribution in [3.63, 3.8) is 0 Å². The zero-order valence-corrected chi connectivity index (χ0v) is 19.7. The molecule has 2 aliphatic carbocycles. The Morgan fingerprint density at radius 1 is 0.478 bits per heavy atom. The van der Waals surface area contributed by atoms with Crippen molar-refractivity contribution >= 4 is 45.5 Å². The molecule has 0 aliphatic heterocycles. The molecule has 0 radical (unpaired) electrons. The predicted octanol–water partition coefficient (Wildman–Crippen LogP) is 4.59. The van der Waals surface area contributed by atoms with Crippen LogP contribution in [0.4, 0.5) is 0 Å². The molecule has 0 aromatic rings. The van der Waals surface area contributed by atoms with E-state index in [0.717, 1.165) is 25.7 Å². The second-order valence-electron chi connectivity index (χ2n) is 6.36. The Morgan fingerprint density at radius 3 is 0.696 bits per heavy atom. The summed E-state index contributed by atoms with van der Waals surface area (Å²) in [6, 6.07) is 0. The normalized spacial score (nSPS) is 16.2. The molecule has 2 aliphatic rings. The Morgan fingerprint density at radius 2 is 0.652 bits per heavy atom. The molecule has 0 aromatic heterocycles. The maximum absolute atomic E-state index is 9.53. The summed E-state index contributed by atoms with van der Waals surface area (Å²) in [5.74, 6) is 0. The van der Waals surface area contributed by atoms with Crippen molar-refractivity contribution in [2.24, 2.45) is 0 Å². The number of rotatable bonds is 4. The first-order valence-corrected chi connectivity index (χ1v) is 9.99. The summed E-state index contributed by atoms with van der Waals surface area (Å²) < 4.78 is 0. The summed E-state index contributed by atoms with van der Waals surface area (Å²) in [6.45, 7) is 4.21. The van der Waals surface area contributed by atoms with Gasteiger partial charge in [-0.15, -0.1) is 13.2 Å². The van der Waals surface area contributed by atoms with Crippen LogP contribution in [0.1, 0.15) is 117 Å². The molecule has 0 unspecified atom stereocenters. The van der Waals surface area contributed by atoms with E-state index >= 15 is 0 Å². The van der Waals surface area contributed by atoms with Crippen LogP contribution in [0.3, 0.4) is 0 Å². The van der Waals surface area contributed by atoms with Crippen molar-refractivity contribution in [3.8, 4) is 0 Å². The van der Waals surface area contributed by atoms with E-state index in [2.05, 4.69) is 0 Å².